The van der Waals surface area contributed by atoms with E-state index >= 15 is 0 Å². The molecule has 0 radical (unpaired) electrons. The van der Waals surface area contributed by atoms with Crippen molar-refractivity contribution in [1.82, 2.24) is 15.3 Å². The number of benzene rings is 1. The van der Waals surface area contributed by atoms with Gasteiger partial charge < -0.3 is 14.2 Å². The van der Waals surface area contributed by atoms with E-state index in [0.29, 0.717) is 19.6 Å². The molecule has 7 nitrogen and oxygen atoms in total. The SMILES string of the molecule is CC(OCCOC(=O)N(Cc1cccs1)Cc1cccs1)Oc1cccc(CNN(C)C)c1. The zero-order valence-corrected chi connectivity index (χ0v) is 20.9. The number of nitrogens with one attached hydrogen (secondary N) is 1. The zero-order chi connectivity index (χ0) is 23.5. The Morgan fingerprint density at radius 3 is 2.30 bits per heavy atom. The molecule has 33 heavy (non-hydrogen) atoms. The first kappa shape index (κ1) is 25.2. The van der Waals surface area contributed by atoms with Gasteiger partial charge in [0.1, 0.15) is 12.4 Å². The molecular formula is C24H31N3O4S2. The predicted molar refractivity (Wildman–Crippen MR) is 132 cm³/mol. The number of carbonyl (C=O) groups is 1. The smallest absolute Gasteiger partial charge is 0.410 e. The minimum atomic E-state index is -0.464. The van der Waals surface area contributed by atoms with Crippen molar-refractivity contribution >= 4 is 28.8 Å². The van der Waals surface area contributed by atoms with E-state index in [9.17, 15) is 4.79 Å². The van der Waals surface area contributed by atoms with Crippen LogP contribution >= 0.6 is 22.7 Å². The Kier molecular flexibility index (Phi) is 10.2. The van der Waals surface area contributed by atoms with E-state index in [1.807, 2.05) is 85.3 Å². The van der Waals surface area contributed by atoms with Crippen LogP contribution in [0, 0.1) is 0 Å². The van der Waals surface area contributed by atoms with E-state index in [-0.39, 0.29) is 19.3 Å². The molecule has 2 heterocycles. The van der Waals surface area contributed by atoms with Crippen LogP contribution in [0.3, 0.4) is 0 Å². The molecule has 9 heteroatoms. The van der Waals surface area contributed by atoms with Crippen molar-refractivity contribution in [2.24, 2.45) is 0 Å². The lowest BCUT2D eigenvalue weighted by molar-refractivity contribution is -0.0786. The fourth-order valence-corrected chi connectivity index (χ4v) is 4.44. The highest BCUT2D eigenvalue weighted by atomic mass is 32.1. The molecule has 3 rings (SSSR count). The molecule has 0 aliphatic heterocycles. The molecule has 1 atom stereocenters. The van der Waals surface area contributed by atoms with E-state index in [2.05, 4.69) is 5.43 Å². The summed E-state index contributed by atoms with van der Waals surface area (Å²) in [6.45, 7) is 3.99. The molecule has 1 aromatic carbocycles. The van der Waals surface area contributed by atoms with Gasteiger partial charge in [-0.05, 0) is 47.5 Å². The Morgan fingerprint density at radius 1 is 1.00 bits per heavy atom. The van der Waals surface area contributed by atoms with Gasteiger partial charge in [-0.25, -0.2) is 4.79 Å². The van der Waals surface area contributed by atoms with Crippen LogP contribution in [0.15, 0.2) is 59.3 Å². The number of ether oxygens (including phenoxy) is 3. The number of nitrogens with zero attached hydrogens (tertiary/aromatic N) is 2. The summed E-state index contributed by atoms with van der Waals surface area (Å²) >= 11 is 3.25. The van der Waals surface area contributed by atoms with E-state index < -0.39 is 6.29 Å². The second-order valence-electron chi connectivity index (χ2n) is 7.56. The minimum absolute atomic E-state index is 0.157. The Hall–Kier alpha value is -2.43. The van der Waals surface area contributed by atoms with Crippen molar-refractivity contribution in [3.63, 3.8) is 0 Å². The number of amides is 1. The predicted octanol–water partition coefficient (Wildman–Crippen LogP) is 4.96. The molecule has 0 spiro atoms. The van der Waals surface area contributed by atoms with Crippen LogP contribution in [-0.4, -0.2) is 49.6 Å². The number of carbonyl (C=O) groups excluding carboxylic acids is 1. The average molecular weight is 490 g/mol. The Balaban J connectivity index is 1.42. The molecule has 1 unspecified atom stereocenters. The van der Waals surface area contributed by atoms with Gasteiger partial charge in [-0.2, -0.15) is 0 Å². The Morgan fingerprint density at radius 2 is 1.70 bits per heavy atom. The second kappa shape index (κ2) is 13.3. The van der Waals surface area contributed by atoms with Crippen LogP contribution < -0.4 is 10.2 Å². The van der Waals surface area contributed by atoms with Gasteiger partial charge in [-0.15, -0.1) is 22.7 Å². The summed E-state index contributed by atoms with van der Waals surface area (Å²) in [5.41, 5.74) is 4.34. The standard InChI is InChI=1S/C24H31N3O4S2/c1-19(31-21-8-4-7-20(15-21)16-25-26(2)3)29-11-12-30-24(28)27(17-22-9-5-13-32-22)18-23-10-6-14-33-23/h4-10,13-15,19,25H,11-12,16-18H2,1-3H3. The first-order valence-corrected chi connectivity index (χ1v) is 12.5. The van der Waals surface area contributed by atoms with Crippen molar-refractivity contribution < 1.29 is 19.0 Å². The molecule has 1 amide bonds. The lowest BCUT2D eigenvalue weighted by atomic mass is 10.2. The van der Waals surface area contributed by atoms with E-state index in [1.165, 1.54) is 0 Å². The third kappa shape index (κ3) is 9.15. The summed E-state index contributed by atoms with van der Waals surface area (Å²) in [5.74, 6) is 0.732. The first-order chi connectivity index (χ1) is 16.0. The minimum Gasteiger partial charge on any atom is -0.465 e. The highest BCUT2D eigenvalue weighted by molar-refractivity contribution is 7.10. The summed E-state index contributed by atoms with van der Waals surface area (Å²) in [6, 6.07) is 15.9. The zero-order valence-electron chi connectivity index (χ0n) is 19.2. The second-order valence-corrected chi connectivity index (χ2v) is 9.63. The maximum Gasteiger partial charge on any atom is 0.410 e. The monoisotopic (exact) mass is 489 g/mol. The van der Waals surface area contributed by atoms with Crippen LogP contribution in [0.5, 0.6) is 5.75 Å². The molecule has 2 aromatic heterocycles. The van der Waals surface area contributed by atoms with Gasteiger partial charge in [0, 0.05) is 30.4 Å². The lowest BCUT2D eigenvalue weighted by Crippen LogP contribution is -2.31. The van der Waals surface area contributed by atoms with Crippen molar-refractivity contribution in [2.45, 2.75) is 32.8 Å². The van der Waals surface area contributed by atoms with Crippen LogP contribution in [-0.2, 0) is 29.1 Å². The topological polar surface area (TPSA) is 63.3 Å². The molecule has 0 aliphatic rings. The normalized spacial score (nSPS) is 12.0. The van der Waals surface area contributed by atoms with Crippen molar-refractivity contribution in [3.8, 4) is 5.75 Å². The molecule has 1 N–H and O–H groups in total. The fourth-order valence-electron chi connectivity index (χ4n) is 3.00. The third-order valence-electron chi connectivity index (χ3n) is 4.57. The molecule has 0 saturated carbocycles. The van der Waals surface area contributed by atoms with Gasteiger partial charge in [0.05, 0.1) is 19.7 Å². The lowest BCUT2D eigenvalue weighted by Gasteiger charge is -2.21. The van der Waals surface area contributed by atoms with Crippen LogP contribution in [0.25, 0.3) is 0 Å². The van der Waals surface area contributed by atoms with Crippen molar-refractivity contribution in [2.75, 3.05) is 27.3 Å². The number of hydrazine groups is 1. The van der Waals surface area contributed by atoms with Crippen molar-refractivity contribution in [1.29, 1.82) is 0 Å². The van der Waals surface area contributed by atoms with Crippen LogP contribution in [0.4, 0.5) is 4.79 Å². The average Bonchev–Trinajstić information content (AvgIpc) is 3.49. The van der Waals surface area contributed by atoms with E-state index in [0.717, 1.165) is 21.1 Å². The van der Waals surface area contributed by atoms with Gasteiger partial charge in [0.15, 0.2) is 6.29 Å². The maximum absolute atomic E-state index is 12.7. The Labute approximate surface area is 203 Å². The van der Waals surface area contributed by atoms with Crippen LogP contribution in [0.1, 0.15) is 22.2 Å². The number of rotatable bonds is 13. The van der Waals surface area contributed by atoms with Gasteiger partial charge in [-0.3, -0.25) is 15.3 Å². The van der Waals surface area contributed by atoms with Gasteiger partial charge in [0.25, 0.3) is 0 Å². The van der Waals surface area contributed by atoms with E-state index in [1.54, 1.807) is 27.6 Å². The Bertz CT molecular complexity index is 912. The highest BCUT2D eigenvalue weighted by Gasteiger charge is 2.17. The summed E-state index contributed by atoms with van der Waals surface area (Å²) < 4.78 is 17.0. The van der Waals surface area contributed by atoms with Crippen LogP contribution in [0.2, 0.25) is 0 Å². The number of hydrogen-bond donors (Lipinski definition) is 1. The molecule has 3 aromatic rings. The maximum atomic E-state index is 12.7. The van der Waals surface area contributed by atoms with Gasteiger partial charge in [0.2, 0.25) is 0 Å². The molecule has 0 fully saturated rings. The summed E-state index contributed by atoms with van der Waals surface area (Å²) in [5, 5.41) is 5.92. The van der Waals surface area contributed by atoms with Gasteiger partial charge >= 0.3 is 6.09 Å². The van der Waals surface area contributed by atoms with Gasteiger partial charge in [-0.1, -0.05) is 24.3 Å². The third-order valence-corrected chi connectivity index (χ3v) is 6.30. The first-order valence-electron chi connectivity index (χ1n) is 10.7. The fraction of sp³-hybridized carbons (Fsp3) is 0.375. The quantitative estimate of drug-likeness (QED) is 0.208. The van der Waals surface area contributed by atoms with Crippen molar-refractivity contribution in [3.05, 3.63) is 74.6 Å². The summed E-state index contributed by atoms with van der Waals surface area (Å²) in [4.78, 5) is 16.6. The van der Waals surface area contributed by atoms with E-state index in [4.69, 9.17) is 14.2 Å². The number of thiophene rings is 2. The highest BCUT2D eigenvalue weighted by Crippen LogP contribution is 2.18. The molecule has 0 bridgehead atoms. The largest absolute Gasteiger partial charge is 0.465 e. The summed E-state index contributed by atoms with van der Waals surface area (Å²) in [6.07, 6.45) is -0.816. The molecule has 178 valence electrons. The number of hydrogen-bond acceptors (Lipinski definition) is 8. The summed E-state index contributed by atoms with van der Waals surface area (Å²) in [7, 11) is 3.90. The molecule has 0 aliphatic carbocycles. The molecular weight excluding hydrogens is 458 g/mol. The molecule has 0 saturated heterocycles.